The zero-order valence-corrected chi connectivity index (χ0v) is 11.5. The van der Waals surface area contributed by atoms with Crippen LogP contribution in [0.25, 0.3) is 28.0 Å². The van der Waals surface area contributed by atoms with Crippen LogP contribution < -0.4 is 5.76 Å². The molecule has 0 aliphatic heterocycles. The fourth-order valence-corrected chi connectivity index (χ4v) is 2.57. The van der Waals surface area contributed by atoms with Gasteiger partial charge in [0, 0.05) is 11.8 Å². The number of nitrogens with zero attached hydrogens (tertiary/aromatic N) is 3. The molecule has 7 heteroatoms. The van der Waals surface area contributed by atoms with E-state index in [9.17, 15) is 9.70 Å². The Morgan fingerprint density at radius 1 is 1.32 bits per heavy atom. The highest BCUT2D eigenvalue weighted by Gasteiger charge is 2.16. The number of H-pyrrole nitrogens is 1. The first-order chi connectivity index (χ1) is 10.7. The van der Waals surface area contributed by atoms with Crippen molar-refractivity contribution in [2.45, 2.75) is 6.92 Å². The van der Waals surface area contributed by atoms with Crippen molar-refractivity contribution in [3.05, 3.63) is 57.5 Å². The largest absolute Gasteiger partial charge is 0.417 e. The van der Waals surface area contributed by atoms with Crippen LogP contribution in [0, 0.1) is 11.8 Å². The van der Waals surface area contributed by atoms with E-state index < -0.39 is 5.76 Å². The molecule has 0 unspecified atom stereocenters. The van der Waals surface area contributed by atoms with Crippen LogP contribution in [0.1, 0.15) is 5.56 Å². The van der Waals surface area contributed by atoms with E-state index in [1.807, 2.05) is 19.1 Å². The SMILES string of the molecule is Cc1cccn2c(N=O)c(-c3ccc4[nH]c(=O)oc4c3)nc12. The van der Waals surface area contributed by atoms with Crippen LogP contribution in [-0.2, 0) is 0 Å². The molecule has 108 valence electrons. The molecule has 3 aromatic heterocycles. The topological polar surface area (TPSA) is 92.7 Å². The lowest BCUT2D eigenvalue weighted by Crippen LogP contribution is -1.92. The van der Waals surface area contributed by atoms with Crippen molar-refractivity contribution in [2.24, 2.45) is 5.18 Å². The molecule has 0 amide bonds. The molecule has 0 saturated heterocycles. The Labute approximate surface area is 123 Å². The number of aromatic amines is 1. The zero-order chi connectivity index (χ0) is 15.3. The van der Waals surface area contributed by atoms with Crippen molar-refractivity contribution in [1.29, 1.82) is 0 Å². The van der Waals surface area contributed by atoms with Gasteiger partial charge in [-0.1, -0.05) is 12.1 Å². The lowest BCUT2D eigenvalue weighted by molar-refractivity contribution is 0.555. The van der Waals surface area contributed by atoms with Crippen molar-refractivity contribution in [3.63, 3.8) is 0 Å². The van der Waals surface area contributed by atoms with E-state index in [0.29, 0.717) is 28.0 Å². The number of oxazole rings is 1. The van der Waals surface area contributed by atoms with Gasteiger partial charge < -0.3 is 4.42 Å². The van der Waals surface area contributed by atoms with E-state index in [0.717, 1.165) is 5.56 Å². The summed E-state index contributed by atoms with van der Waals surface area (Å²) in [6.45, 7) is 1.91. The zero-order valence-electron chi connectivity index (χ0n) is 11.5. The summed E-state index contributed by atoms with van der Waals surface area (Å²) in [6, 6.07) is 8.88. The van der Waals surface area contributed by atoms with Crippen molar-refractivity contribution < 1.29 is 4.42 Å². The molecule has 0 atom stereocenters. The van der Waals surface area contributed by atoms with Gasteiger partial charge in [0.25, 0.3) is 0 Å². The van der Waals surface area contributed by atoms with Crippen LogP contribution in [0.2, 0.25) is 0 Å². The number of fused-ring (bicyclic) bond motifs is 2. The number of pyridine rings is 1. The number of rotatable bonds is 2. The predicted octanol–water partition coefficient (Wildman–Crippen LogP) is 3.14. The van der Waals surface area contributed by atoms with Crippen molar-refractivity contribution in [3.8, 4) is 11.3 Å². The Kier molecular flexibility index (Phi) is 2.50. The molecular weight excluding hydrogens is 284 g/mol. The van der Waals surface area contributed by atoms with E-state index in [-0.39, 0.29) is 5.82 Å². The second-order valence-electron chi connectivity index (χ2n) is 4.99. The third-order valence-electron chi connectivity index (χ3n) is 3.60. The maximum absolute atomic E-state index is 11.3. The van der Waals surface area contributed by atoms with Gasteiger partial charge in [0.15, 0.2) is 5.58 Å². The summed E-state index contributed by atoms with van der Waals surface area (Å²) in [4.78, 5) is 29.6. The summed E-state index contributed by atoms with van der Waals surface area (Å²) in [5, 5.41) is 3.11. The van der Waals surface area contributed by atoms with Crippen LogP contribution in [0.4, 0.5) is 5.82 Å². The van der Waals surface area contributed by atoms with Crippen LogP contribution in [0.3, 0.4) is 0 Å². The van der Waals surface area contributed by atoms with Gasteiger partial charge >= 0.3 is 5.76 Å². The molecule has 0 aliphatic rings. The lowest BCUT2D eigenvalue weighted by Gasteiger charge is -1.97. The van der Waals surface area contributed by atoms with Crippen LogP contribution >= 0.6 is 0 Å². The highest BCUT2D eigenvalue weighted by molar-refractivity contribution is 5.83. The standard InChI is InChI=1S/C15H10N4O3/c1-8-3-2-6-19-13(8)17-12(14(19)18-21)9-4-5-10-11(7-9)22-15(20)16-10/h2-7H,1H3,(H,16,20). The van der Waals surface area contributed by atoms with Crippen molar-refractivity contribution >= 4 is 22.6 Å². The maximum Gasteiger partial charge on any atom is 0.417 e. The summed E-state index contributed by atoms with van der Waals surface area (Å²) in [6.07, 6.45) is 1.74. The minimum absolute atomic E-state index is 0.218. The first-order valence-electron chi connectivity index (χ1n) is 6.61. The smallest absolute Gasteiger partial charge is 0.408 e. The van der Waals surface area contributed by atoms with Gasteiger partial charge in [-0.25, -0.2) is 9.78 Å². The Morgan fingerprint density at radius 2 is 2.18 bits per heavy atom. The molecule has 0 bridgehead atoms. The number of benzene rings is 1. The molecule has 1 N–H and O–H groups in total. The molecule has 0 saturated carbocycles. The quantitative estimate of drug-likeness (QED) is 0.575. The number of hydrogen-bond acceptors (Lipinski definition) is 5. The summed E-state index contributed by atoms with van der Waals surface area (Å²) >= 11 is 0. The third kappa shape index (κ3) is 1.69. The van der Waals surface area contributed by atoms with Crippen LogP contribution in [0.15, 0.2) is 50.9 Å². The minimum atomic E-state index is -0.522. The van der Waals surface area contributed by atoms with Crippen LogP contribution in [-0.4, -0.2) is 14.4 Å². The molecule has 7 nitrogen and oxygen atoms in total. The van der Waals surface area contributed by atoms with Crippen molar-refractivity contribution in [2.75, 3.05) is 0 Å². The van der Waals surface area contributed by atoms with E-state index in [4.69, 9.17) is 4.42 Å². The molecule has 4 rings (SSSR count). The Bertz CT molecular complexity index is 1090. The fraction of sp³-hybridized carbons (Fsp3) is 0.0667. The average Bonchev–Trinajstić information content (AvgIpc) is 3.06. The molecule has 3 heterocycles. The fourth-order valence-electron chi connectivity index (χ4n) is 2.57. The Hall–Kier alpha value is -3.22. The number of aryl methyl sites for hydroxylation is 1. The first-order valence-corrected chi connectivity index (χ1v) is 6.61. The van der Waals surface area contributed by atoms with E-state index in [2.05, 4.69) is 15.1 Å². The lowest BCUT2D eigenvalue weighted by atomic mass is 10.1. The Morgan fingerprint density at radius 3 is 3.00 bits per heavy atom. The average molecular weight is 294 g/mol. The molecule has 1 aromatic carbocycles. The second kappa shape index (κ2) is 4.39. The number of nitroso groups, excluding NO2 is 1. The van der Waals surface area contributed by atoms with Gasteiger partial charge in [-0.2, -0.15) is 0 Å². The Balaban J connectivity index is 2.04. The second-order valence-corrected chi connectivity index (χ2v) is 4.99. The van der Waals surface area contributed by atoms with E-state index in [1.54, 1.807) is 28.8 Å². The maximum atomic E-state index is 11.3. The number of nitrogens with one attached hydrogen (secondary N) is 1. The number of aromatic nitrogens is 3. The van der Waals surface area contributed by atoms with Gasteiger partial charge in [-0.3, -0.25) is 9.38 Å². The normalized spacial score (nSPS) is 11.3. The van der Waals surface area contributed by atoms with Gasteiger partial charge in [0.1, 0.15) is 11.3 Å². The number of imidazole rings is 1. The van der Waals surface area contributed by atoms with Gasteiger partial charge in [-0.15, -0.1) is 4.91 Å². The van der Waals surface area contributed by atoms with E-state index in [1.165, 1.54) is 0 Å². The summed E-state index contributed by atoms with van der Waals surface area (Å²) in [5.41, 5.74) is 3.72. The summed E-state index contributed by atoms with van der Waals surface area (Å²) in [5.74, 6) is -0.303. The molecule has 4 aromatic rings. The molecule has 0 aliphatic carbocycles. The third-order valence-corrected chi connectivity index (χ3v) is 3.60. The summed E-state index contributed by atoms with van der Waals surface area (Å²) < 4.78 is 6.69. The molecule has 0 radical (unpaired) electrons. The first kappa shape index (κ1) is 12.5. The molecular formula is C15H10N4O3. The number of hydrogen-bond donors (Lipinski definition) is 1. The van der Waals surface area contributed by atoms with E-state index >= 15 is 0 Å². The van der Waals surface area contributed by atoms with Gasteiger partial charge in [0.05, 0.1) is 5.52 Å². The molecule has 22 heavy (non-hydrogen) atoms. The predicted molar refractivity (Wildman–Crippen MR) is 81.2 cm³/mol. The highest BCUT2D eigenvalue weighted by Crippen LogP contribution is 2.32. The minimum Gasteiger partial charge on any atom is -0.408 e. The van der Waals surface area contributed by atoms with Crippen molar-refractivity contribution in [1.82, 2.24) is 14.4 Å². The monoisotopic (exact) mass is 294 g/mol. The van der Waals surface area contributed by atoms with Crippen LogP contribution in [0.5, 0.6) is 0 Å². The summed E-state index contributed by atoms with van der Waals surface area (Å²) in [7, 11) is 0. The van der Waals surface area contributed by atoms with Gasteiger partial charge in [-0.05, 0) is 35.9 Å². The molecule has 0 spiro atoms. The highest BCUT2D eigenvalue weighted by atomic mass is 16.4. The van der Waals surface area contributed by atoms with Gasteiger partial charge in [0.2, 0.25) is 5.82 Å². The molecule has 0 fully saturated rings.